The predicted octanol–water partition coefficient (Wildman–Crippen LogP) is 3.37. The van der Waals surface area contributed by atoms with Gasteiger partial charge in [-0.1, -0.05) is 35.9 Å². The zero-order valence-corrected chi connectivity index (χ0v) is 13.6. The van der Waals surface area contributed by atoms with Crippen molar-refractivity contribution in [2.24, 2.45) is 0 Å². The van der Waals surface area contributed by atoms with Crippen molar-refractivity contribution >= 4 is 18.5 Å². The van der Waals surface area contributed by atoms with E-state index in [2.05, 4.69) is 0 Å². The normalized spacial score (nSPS) is 13.8. The molecule has 0 spiro atoms. The highest BCUT2D eigenvalue weighted by molar-refractivity contribution is 7.65. The Morgan fingerprint density at radius 3 is 2.10 bits per heavy atom. The van der Waals surface area contributed by atoms with Gasteiger partial charge >= 0.3 is 0 Å². The van der Waals surface area contributed by atoms with Crippen LogP contribution in [0.1, 0.15) is 32.6 Å². The molecule has 0 fully saturated rings. The minimum Gasteiger partial charge on any atom is -0.341 e. The Balaban J connectivity index is 2.65. The molecule has 0 radical (unpaired) electrons. The molecule has 0 saturated heterocycles. The van der Waals surface area contributed by atoms with Gasteiger partial charge < -0.3 is 4.89 Å². The fourth-order valence-corrected chi connectivity index (χ4v) is 3.69. The highest BCUT2D eigenvalue weighted by Crippen LogP contribution is 2.36. The van der Waals surface area contributed by atoms with Crippen molar-refractivity contribution in [3.63, 3.8) is 0 Å². The molecule has 0 amide bonds. The molecule has 0 saturated carbocycles. The molecular formula is C17H19O3P. The van der Waals surface area contributed by atoms with Gasteiger partial charge in [0.05, 0.1) is 0 Å². The average Bonchev–Trinajstić information content (AvgIpc) is 2.36. The van der Waals surface area contributed by atoms with Gasteiger partial charge in [-0.2, -0.15) is 0 Å². The van der Waals surface area contributed by atoms with Gasteiger partial charge in [0.25, 0.3) is 0 Å². The zero-order chi connectivity index (χ0) is 15.8. The first-order valence-electron chi connectivity index (χ1n) is 6.74. The van der Waals surface area contributed by atoms with E-state index >= 15 is 0 Å². The van der Waals surface area contributed by atoms with Crippen LogP contribution in [-0.4, -0.2) is 17.3 Å². The predicted molar refractivity (Wildman–Crippen MR) is 85.9 cm³/mol. The van der Waals surface area contributed by atoms with Crippen molar-refractivity contribution in [3.05, 3.63) is 64.2 Å². The minimum absolute atomic E-state index is 0.197. The number of hydrogen-bond acceptors (Lipinski definition) is 2. The summed E-state index contributed by atoms with van der Waals surface area (Å²) in [5.74, 6) is -0.197. The summed E-state index contributed by atoms with van der Waals surface area (Å²) in [4.78, 5) is 22.7. The Kier molecular flexibility index (Phi) is 4.18. The van der Waals surface area contributed by atoms with Gasteiger partial charge in [-0.25, -0.2) is 0 Å². The van der Waals surface area contributed by atoms with Gasteiger partial charge in [-0.3, -0.25) is 9.36 Å². The van der Waals surface area contributed by atoms with Crippen LogP contribution in [-0.2, 0) is 4.57 Å². The lowest BCUT2D eigenvalue weighted by Crippen LogP contribution is -2.18. The van der Waals surface area contributed by atoms with Crippen molar-refractivity contribution in [2.45, 2.75) is 20.8 Å². The monoisotopic (exact) mass is 302 g/mol. The highest BCUT2D eigenvalue weighted by Gasteiger charge is 2.24. The first-order chi connectivity index (χ1) is 9.71. The lowest BCUT2D eigenvalue weighted by Gasteiger charge is -2.14. The molecule has 1 N–H and O–H groups in total. The van der Waals surface area contributed by atoms with E-state index in [0.717, 1.165) is 16.7 Å². The second-order valence-electron chi connectivity index (χ2n) is 5.50. The van der Waals surface area contributed by atoms with Gasteiger partial charge in [0, 0.05) is 23.1 Å². The molecule has 0 bridgehead atoms. The number of rotatable bonds is 3. The number of aryl methyl sites for hydroxylation is 3. The van der Waals surface area contributed by atoms with Crippen molar-refractivity contribution in [3.8, 4) is 0 Å². The molecule has 1 atom stereocenters. The maximum absolute atomic E-state index is 12.8. The first kappa shape index (κ1) is 15.7. The summed E-state index contributed by atoms with van der Waals surface area (Å²) in [6.45, 7) is 7.02. The van der Waals surface area contributed by atoms with Crippen LogP contribution in [0.15, 0.2) is 36.4 Å². The Labute approximate surface area is 125 Å². The summed E-state index contributed by atoms with van der Waals surface area (Å²) in [6.07, 6.45) is 0. The van der Waals surface area contributed by atoms with Crippen LogP contribution in [0.4, 0.5) is 0 Å². The molecule has 0 aliphatic rings. The lowest BCUT2D eigenvalue weighted by molar-refractivity contribution is 0.103. The third-order valence-corrected chi connectivity index (χ3v) is 4.78. The SMILES string of the molecule is Cc1cc(C)c(C(=O)c2ccccc2P(C)(=O)O)c(C)c1. The topological polar surface area (TPSA) is 54.4 Å². The second kappa shape index (κ2) is 5.59. The van der Waals surface area contributed by atoms with E-state index in [1.807, 2.05) is 32.9 Å². The van der Waals surface area contributed by atoms with E-state index in [4.69, 9.17) is 0 Å². The van der Waals surface area contributed by atoms with E-state index in [9.17, 15) is 14.3 Å². The smallest absolute Gasteiger partial charge is 0.227 e. The van der Waals surface area contributed by atoms with E-state index in [-0.39, 0.29) is 11.1 Å². The summed E-state index contributed by atoms with van der Waals surface area (Å²) in [6, 6.07) is 10.5. The maximum atomic E-state index is 12.8. The van der Waals surface area contributed by atoms with Crippen LogP contribution in [0.2, 0.25) is 0 Å². The summed E-state index contributed by atoms with van der Waals surface area (Å²) in [7, 11) is -3.49. The van der Waals surface area contributed by atoms with Crippen LogP contribution in [0.3, 0.4) is 0 Å². The van der Waals surface area contributed by atoms with Crippen LogP contribution in [0, 0.1) is 20.8 Å². The molecule has 0 heterocycles. The largest absolute Gasteiger partial charge is 0.341 e. The number of benzene rings is 2. The van der Waals surface area contributed by atoms with Crippen molar-refractivity contribution in [2.75, 3.05) is 6.66 Å². The molecule has 2 aromatic rings. The Morgan fingerprint density at radius 2 is 1.57 bits per heavy atom. The second-order valence-corrected chi connectivity index (χ2v) is 7.74. The quantitative estimate of drug-likeness (QED) is 0.698. The molecule has 21 heavy (non-hydrogen) atoms. The van der Waals surface area contributed by atoms with Crippen molar-refractivity contribution in [1.29, 1.82) is 0 Å². The molecular weight excluding hydrogens is 283 g/mol. The van der Waals surface area contributed by atoms with Gasteiger partial charge in [0.1, 0.15) is 0 Å². The van der Waals surface area contributed by atoms with Crippen LogP contribution >= 0.6 is 7.37 Å². The summed E-state index contributed by atoms with van der Waals surface area (Å²) < 4.78 is 12.0. The fourth-order valence-electron chi connectivity index (χ4n) is 2.70. The Bertz CT molecular complexity index is 733. The molecule has 0 aliphatic carbocycles. The zero-order valence-electron chi connectivity index (χ0n) is 12.7. The molecule has 2 aromatic carbocycles. The van der Waals surface area contributed by atoms with Crippen LogP contribution in [0.25, 0.3) is 0 Å². The summed E-state index contributed by atoms with van der Waals surface area (Å²) >= 11 is 0. The van der Waals surface area contributed by atoms with Gasteiger partial charge in [0.15, 0.2) is 5.78 Å². The Morgan fingerprint density at radius 1 is 1.05 bits per heavy atom. The first-order valence-corrected chi connectivity index (χ1v) is 8.85. The minimum atomic E-state index is -3.49. The molecule has 1 unspecified atom stereocenters. The number of carbonyl (C=O) groups is 1. The average molecular weight is 302 g/mol. The van der Waals surface area contributed by atoms with Crippen molar-refractivity contribution in [1.82, 2.24) is 0 Å². The van der Waals surface area contributed by atoms with E-state index in [1.165, 1.54) is 6.66 Å². The molecule has 4 heteroatoms. The third-order valence-electron chi connectivity index (χ3n) is 3.50. The number of ketones is 1. The van der Waals surface area contributed by atoms with E-state index in [1.54, 1.807) is 24.3 Å². The van der Waals surface area contributed by atoms with Gasteiger partial charge in [0.2, 0.25) is 7.37 Å². The number of hydrogen-bond donors (Lipinski definition) is 1. The third kappa shape index (κ3) is 3.15. The molecule has 3 nitrogen and oxygen atoms in total. The fraction of sp³-hybridized carbons (Fsp3) is 0.235. The molecule has 110 valence electrons. The highest BCUT2D eigenvalue weighted by atomic mass is 31.2. The van der Waals surface area contributed by atoms with Gasteiger partial charge in [-0.15, -0.1) is 0 Å². The summed E-state index contributed by atoms with van der Waals surface area (Å²) in [5.41, 5.74) is 3.79. The van der Waals surface area contributed by atoms with Gasteiger partial charge in [-0.05, 0) is 38.0 Å². The van der Waals surface area contributed by atoms with E-state index in [0.29, 0.717) is 11.1 Å². The van der Waals surface area contributed by atoms with E-state index < -0.39 is 7.37 Å². The number of carbonyl (C=O) groups excluding carboxylic acids is 1. The molecule has 0 aromatic heterocycles. The molecule has 2 rings (SSSR count). The van der Waals surface area contributed by atoms with Crippen molar-refractivity contribution < 1.29 is 14.3 Å². The lowest BCUT2D eigenvalue weighted by atomic mass is 9.93. The van der Waals surface area contributed by atoms with Crippen LogP contribution < -0.4 is 5.30 Å². The van der Waals surface area contributed by atoms with Crippen LogP contribution in [0.5, 0.6) is 0 Å². The Hall–Kier alpha value is -1.70. The maximum Gasteiger partial charge on any atom is 0.227 e. The summed E-state index contributed by atoms with van der Waals surface area (Å²) in [5, 5.41) is 0.217. The standard InChI is InChI=1S/C17H19O3P/c1-11-9-12(2)16(13(3)10-11)17(18)14-7-5-6-8-15(14)21(4,19)20/h5-10H,1-4H3,(H,19,20). The molecule has 0 aliphatic heterocycles.